The molecule has 1 atom stereocenters. The fourth-order valence-corrected chi connectivity index (χ4v) is 3.68. The molecular formula is C10H9N3O3S2. The van der Waals surface area contributed by atoms with Gasteiger partial charge in [-0.05, 0) is 6.08 Å². The Labute approximate surface area is 107 Å². The molecule has 0 radical (unpaired) electrons. The largest absolute Gasteiger partial charge is 0.343 e. The number of nitrogens with zero attached hydrogens (tertiary/aromatic N) is 2. The van der Waals surface area contributed by atoms with Gasteiger partial charge in [0.25, 0.3) is 5.91 Å². The van der Waals surface area contributed by atoms with Crippen LogP contribution in [0.4, 0.5) is 0 Å². The maximum Gasteiger partial charge on any atom is 0.272 e. The molecule has 1 amide bonds. The van der Waals surface area contributed by atoms with Crippen LogP contribution >= 0.6 is 11.3 Å². The van der Waals surface area contributed by atoms with E-state index in [1.54, 1.807) is 10.6 Å². The van der Waals surface area contributed by atoms with Gasteiger partial charge in [0.05, 0.1) is 11.8 Å². The van der Waals surface area contributed by atoms with E-state index in [0.717, 1.165) is 10.4 Å². The molecule has 0 aliphatic carbocycles. The minimum atomic E-state index is -3.16. The van der Waals surface area contributed by atoms with Crippen molar-refractivity contribution in [2.75, 3.05) is 5.75 Å². The van der Waals surface area contributed by atoms with Crippen LogP contribution < -0.4 is 5.32 Å². The third-order valence-electron chi connectivity index (χ3n) is 2.57. The molecule has 0 aromatic carbocycles. The first-order valence-corrected chi connectivity index (χ1v) is 7.77. The van der Waals surface area contributed by atoms with Crippen LogP contribution in [0.5, 0.6) is 0 Å². The normalized spacial score (nSPS) is 21.4. The minimum Gasteiger partial charge on any atom is -0.343 e. The van der Waals surface area contributed by atoms with Crippen LogP contribution in [0.3, 0.4) is 0 Å². The van der Waals surface area contributed by atoms with Crippen molar-refractivity contribution in [3.63, 3.8) is 0 Å². The summed E-state index contributed by atoms with van der Waals surface area (Å²) in [6.45, 7) is 0. The van der Waals surface area contributed by atoms with E-state index in [4.69, 9.17) is 0 Å². The Hall–Kier alpha value is -1.67. The molecule has 0 fully saturated rings. The van der Waals surface area contributed by atoms with Crippen molar-refractivity contribution in [3.05, 3.63) is 35.0 Å². The monoisotopic (exact) mass is 283 g/mol. The topological polar surface area (TPSA) is 80.5 Å². The Bertz CT molecular complexity index is 713. The van der Waals surface area contributed by atoms with Crippen LogP contribution in [-0.2, 0) is 9.84 Å². The summed E-state index contributed by atoms with van der Waals surface area (Å²) < 4.78 is 24.2. The lowest BCUT2D eigenvalue weighted by molar-refractivity contribution is 0.0943. The maximum absolute atomic E-state index is 11.9. The summed E-state index contributed by atoms with van der Waals surface area (Å²) in [6.07, 6.45) is 4.91. The highest BCUT2D eigenvalue weighted by Gasteiger charge is 2.24. The second kappa shape index (κ2) is 3.92. The van der Waals surface area contributed by atoms with Gasteiger partial charge in [-0.3, -0.25) is 9.20 Å². The number of fused-ring (bicyclic) bond motifs is 1. The molecular weight excluding hydrogens is 274 g/mol. The van der Waals surface area contributed by atoms with Gasteiger partial charge in [-0.2, -0.15) is 0 Å². The van der Waals surface area contributed by atoms with E-state index in [0.29, 0.717) is 5.69 Å². The van der Waals surface area contributed by atoms with E-state index in [9.17, 15) is 13.2 Å². The van der Waals surface area contributed by atoms with E-state index in [2.05, 4.69) is 10.3 Å². The molecule has 1 aliphatic heterocycles. The number of aromatic nitrogens is 2. The maximum atomic E-state index is 11.9. The van der Waals surface area contributed by atoms with Crippen molar-refractivity contribution in [1.82, 2.24) is 14.7 Å². The predicted molar refractivity (Wildman–Crippen MR) is 67.3 cm³/mol. The first kappa shape index (κ1) is 11.4. The molecule has 0 spiro atoms. The molecule has 2 aromatic heterocycles. The number of imidazole rings is 1. The molecule has 3 rings (SSSR count). The summed E-state index contributed by atoms with van der Waals surface area (Å²) >= 11 is 1.43. The van der Waals surface area contributed by atoms with E-state index >= 15 is 0 Å². The smallest absolute Gasteiger partial charge is 0.272 e. The van der Waals surface area contributed by atoms with E-state index in [1.165, 1.54) is 17.4 Å². The van der Waals surface area contributed by atoms with Gasteiger partial charge in [-0.1, -0.05) is 0 Å². The third-order valence-corrected chi connectivity index (χ3v) is 4.74. The van der Waals surface area contributed by atoms with Gasteiger partial charge in [0.2, 0.25) is 0 Å². The predicted octanol–water partition coefficient (Wildman–Crippen LogP) is 0.436. The summed E-state index contributed by atoms with van der Waals surface area (Å²) in [6, 6.07) is -0.470. The first-order valence-electron chi connectivity index (χ1n) is 5.17. The summed E-state index contributed by atoms with van der Waals surface area (Å²) in [5.41, 5.74) is 0.291. The lowest BCUT2D eigenvalue weighted by Gasteiger charge is -2.07. The summed E-state index contributed by atoms with van der Waals surface area (Å²) in [7, 11) is -3.16. The third kappa shape index (κ3) is 2.04. The number of nitrogens with one attached hydrogen (secondary N) is 1. The zero-order valence-corrected chi connectivity index (χ0v) is 10.7. The second-order valence-electron chi connectivity index (χ2n) is 3.96. The molecule has 1 aliphatic rings. The molecule has 8 heteroatoms. The average Bonchev–Trinajstić information content (AvgIpc) is 2.91. The van der Waals surface area contributed by atoms with E-state index < -0.39 is 15.9 Å². The Kier molecular flexibility index (Phi) is 2.49. The highest BCUT2D eigenvalue weighted by molar-refractivity contribution is 7.94. The van der Waals surface area contributed by atoms with E-state index in [1.807, 2.05) is 11.6 Å². The zero-order chi connectivity index (χ0) is 12.8. The molecule has 2 aromatic rings. The van der Waals surface area contributed by atoms with Crippen LogP contribution in [0.2, 0.25) is 0 Å². The Morgan fingerprint density at radius 3 is 3.06 bits per heavy atom. The second-order valence-corrected chi connectivity index (χ2v) is 6.76. The van der Waals surface area contributed by atoms with Gasteiger partial charge in [0, 0.05) is 23.2 Å². The van der Waals surface area contributed by atoms with Crippen molar-refractivity contribution >= 4 is 32.0 Å². The Balaban J connectivity index is 1.76. The fourth-order valence-electron chi connectivity index (χ4n) is 1.74. The molecule has 94 valence electrons. The number of thiazole rings is 1. The van der Waals surface area contributed by atoms with Crippen LogP contribution in [-0.4, -0.2) is 35.5 Å². The van der Waals surface area contributed by atoms with Gasteiger partial charge in [0.1, 0.15) is 5.69 Å². The number of amides is 1. The van der Waals surface area contributed by atoms with Crippen LogP contribution in [0.15, 0.2) is 29.3 Å². The number of hydrogen-bond donors (Lipinski definition) is 1. The Morgan fingerprint density at radius 1 is 1.56 bits per heavy atom. The standard InChI is InChI=1S/C10H9N3O3S2/c14-9(11-7-1-4-18(15,16)6-7)8-5-13-2-3-17-10(13)12-8/h1-5,7H,6H2,(H,11,14)/t7-/m1/s1. The number of carbonyl (C=O) groups is 1. The molecule has 1 N–H and O–H groups in total. The van der Waals surface area contributed by atoms with Crippen molar-refractivity contribution in [2.24, 2.45) is 0 Å². The number of rotatable bonds is 2. The van der Waals surface area contributed by atoms with Crippen LogP contribution in [0, 0.1) is 0 Å². The van der Waals surface area contributed by atoms with Crippen molar-refractivity contribution in [2.45, 2.75) is 6.04 Å². The summed E-state index contributed by atoms with van der Waals surface area (Å²) in [5, 5.41) is 5.63. The molecule has 0 saturated heterocycles. The number of carbonyl (C=O) groups excluding carboxylic acids is 1. The van der Waals surface area contributed by atoms with Gasteiger partial charge in [-0.25, -0.2) is 13.4 Å². The molecule has 0 unspecified atom stereocenters. The molecule has 0 saturated carbocycles. The summed E-state index contributed by atoms with van der Waals surface area (Å²) in [5.74, 6) is -0.446. The van der Waals surface area contributed by atoms with Crippen molar-refractivity contribution < 1.29 is 13.2 Å². The Morgan fingerprint density at radius 2 is 2.39 bits per heavy atom. The number of hydrogen-bond acceptors (Lipinski definition) is 5. The van der Waals surface area contributed by atoms with Gasteiger partial charge >= 0.3 is 0 Å². The van der Waals surface area contributed by atoms with Crippen molar-refractivity contribution in [1.29, 1.82) is 0 Å². The highest BCUT2D eigenvalue weighted by atomic mass is 32.2. The SMILES string of the molecule is O=C(N[C@@H]1C=CS(=O)(=O)C1)c1cn2ccsc2n1. The lowest BCUT2D eigenvalue weighted by atomic mass is 10.3. The molecule has 18 heavy (non-hydrogen) atoms. The minimum absolute atomic E-state index is 0.0824. The highest BCUT2D eigenvalue weighted by Crippen LogP contribution is 2.12. The van der Waals surface area contributed by atoms with Crippen LogP contribution in [0.25, 0.3) is 4.96 Å². The van der Waals surface area contributed by atoms with Gasteiger partial charge < -0.3 is 5.32 Å². The molecule has 0 bridgehead atoms. The van der Waals surface area contributed by atoms with E-state index in [-0.39, 0.29) is 11.7 Å². The quantitative estimate of drug-likeness (QED) is 0.867. The molecule has 3 heterocycles. The zero-order valence-electron chi connectivity index (χ0n) is 9.11. The first-order chi connectivity index (χ1) is 8.53. The van der Waals surface area contributed by atoms with Crippen LogP contribution in [0.1, 0.15) is 10.5 Å². The summed E-state index contributed by atoms with van der Waals surface area (Å²) in [4.78, 5) is 16.7. The lowest BCUT2D eigenvalue weighted by Crippen LogP contribution is -2.35. The fraction of sp³-hybridized carbons (Fsp3) is 0.200. The molecule has 6 nitrogen and oxygen atoms in total. The average molecular weight is 283 g/mol. The number of sulfone groups is 1. The van der Waals surface area contributed by atoms with Gasteiger partial charge in [0.15, 0.2) is 14.8 Å². The van der Waals surface area contributed by atoms with Gasteiger partial charge in [-0.15, -0.1) is 11.3 Å². The van der Waals surface area contributed by atoms with Crippen molar-refractivity contribution in [3.8, 4) is 0 Å².